The highest BCUT2D eigenvalue weighted by atomic mass is 32.2. The average molecular weight is 414 g/mol. The van der Waals surface area contributed by atoms with Crippen LogP contribution in [0.3, 0.4) is 0 Å². The van der Waals surface area contributed by atoms with Crippen LogP contribution in [0.4, 0.5) is 4.39 Å². The van der Waals surface area contributed by atoms with Crippen molar-refractivity contribution < 1.29 is 22.3 Å². The molecule has 0 fully saturated rings. The van der Waals surface area contributed by atoms with Gasteiger partial charge in [0.05, 0.1) is 5.75 Å². The fourth-order valence-corrected chi connectivity index (χ4v) is 3.42. The number of carbonyl (C=O) groups is 1. The molecule has 0 radical (unpaired) electrons. The van der Waals surface area contributed by atoms with Gasteiger partial charge in [-0.3, -0.25) is 4.79 Å². The Balaban J connectivity index is 1.66. The van der Waals surface area contributed by atoms with E-state index >= 15 is 0 Å². The minimum Gasteiger partial charge on any atom is -0.439 e. The number of benzene rings is 2. The topological polar surface area (TPSA) is 85.4 Å². The van der Waals surface area contributed by atoms with E-state index in [1.165, 1.54) is 18.2 Å². The van der Waals surface area contributed by atoms with Crippen molar-refractivity contribution in [2.24, 2.45) is 0 Å². The van der Waals surface area contributed by atoms with Gasteiger partial charge in [0.25, 0.3) is 5.91 Å². The number of hydrogen-bond acceptors (Lipinski definition) is 5. The van der Waals surface area contributed by atoms with Gasteiger partial charge < -0.3 is 10.1 Å². The molecule has 1 aromatic heterocycles. The van der Waals surface area contributed by atoms with Crippen LogP contribution < -0.4 is 10.1 Å². The van der Waals surface area contributed by atoms with Crippen molar-refractivity contribution in [3.63, 3.8) is 0 Å². The molecule has 0 aliphatic rings. The first-order valence-corrected chi connectivity index (χ1v) is 10.8. The summed E-state index contributed by atoms with van der Waals surface area (Å²) in [6.07, 6.45) is 2.70. The maximum Gasteiger partial charge on any atom is 0.251 e. The summed E-state index contributed by atoms with van der Waals surface area (Å²) in [7, 11) is -3.13. The van der Waals surface area contributed by atoms with Crippen LogP contribution in [0.25, 0.3) is 0 Å². The van der Waals surface area contributed by atoms with E-state index in [0.717, 1.165) is 6.26 Å². The molecule has 1 N–H and O–H groups in total. The van der Waals surface area contributed by atoms with Gasteiger partial charge in [0.1, 0.15) is 11.6 Å². The molecule has 150 valence electrons. The molecule has 0 bridgehead atoms. The number of aromatic nitrogens is 1. The van der Waals surface area contributed by atoms with Gasteiger partial charge in [0.2, 0.25) is 5.88 Å². The Kier molecular flexibility index (Phi) is 6.23. The van der Waals surface area contributed by atoms with Gasteiger partial charge in [0.15, 0.2) is 9.84 Å². The Morgan fingerprint density at radius 3 is 2.55 bits per heavy atom. The molecular weight excluding hydrogens is 395 g/mol. The molecular formula is C21H19FN2O4S. The predicted octanol–water partition coefficient (Wildman–Crippen LogP) is 3.49. The minimum atomic E-state index is -3.13. The molecule has 0 saturated carbocycles. The molecule has 3 rings (SSSR count). The van der Waals surface area contributed by atoms with E-state index in [-0.39, 0.29) is 24.1 Å². The monoisotopic (exact) mass is 414 g/mol. The molecule has 29 heavy (non-hydrogen) atoms. The lowest BCUT2D eigenvalue weighted by Crippen LogP contribution is -2.23. The van der Waals surface area contributed by atoms with Gasteiger partial charge in [-0.15, -0.1) is 0 Å². The summed E-state index contributed by atoms with van der Waals surface area (Å²) in [5.74, 6) is -0.255. The molecule has 0 aliphatic carbocycles. The van der Waals surface area contributed by atoms with Gasteiger partial charge >= 0.3 is 0 Å². The average Bonchev–Trinajstić information content (AvgIpc) is 2.66. The first-order valence-electron chi connectivity index (χ1n) is 8.72. The number of sulfone groups is 1. The lowest BCUT2D eigenvalue weighted by molar-refractivity contribution is 0.0950. The van der Waals surface area contributed by atoms with Crippen molar-refractivity contribution in [3.8, 4) is 11.6 Å². The van der Waals surface area contributed by atoms with Crippen molar-refractivity contribution in [2.45, 2.75) is 12.3 Å². The SMILES string of the molecule is CS(=O)(=O)Cc1ccc(C(=O)NCc2cccnc2Oc2cccc(F)c2)cc1. The van der Waals surface area contributed by atoms with E-state index in [4.69, 9.17) is 4.74 Å². The third-order valence-electron chi connectivity index (χ3n) is 3.94. The molecule has 0 atom stereocenters. The molecule has 2 aromatic carbocycles. The molecule has 3 aromatic rings. The van der Waals surface area contributed by atoms with Crippen LogP contribution in [0.15, 0.2) is 66.9 Å². The van der Waals surface area contributed by atoms with Crippen LogP contribution in [-0.2, 0) is 22.1 Å². The zero-order valence-corrected chi connectivity index (χ0v) is 16.4. The number of carbonyl (C=O) groups excluding carboxylic acids is 1. The van der Waals surface area contributed by atoms with Gasteiger partial charge in [0, 0.05) is 36.2 Å². The number of nitrogens with zero attached hydrogens (tertiary/aromatic N) is 1. The van der Waals surface area contributed by atoms with Crippen molar-refractivity contribution in [3.05, 3.63) is 89.4 Å². The van der Waals surface area contributed by atoms with Crippen molar-refractivity contribution in [1.82, 2.24) is 10.3 Å². The van der Waals surface area contributed by atoms with Crippen molar-refractivity contribution in [1.29, 1.82) is 0 Å². The molecule has 0 saturated heterocycles. The predicted molar refractivity (Wildman–Crippen MR) is 107 cm³/mol. The van der Waals surface area contributed by atoms with E-state index < -0.39 is 15.7 Å². The number of nitrogens with one attached hydrogen (secondary N) is 1. The highest BCUT2D eigenvalue weighted by Gasteiger charge is 2.11. The largest absolute Gasteiger partial charge is 0.439 e. The summed E-state index contributed by atoms with van der Waals surface area (Å²) in [4.78, 5) is 16.5. The maximum absolute atomic E-state index is 13.3. The minimum absolute atomic E-state index is 0.0780. The maximum atomic E-state index is 13.3. The second kappa shape index (κ2) is 8.83. The Hall–Kier alpha value is -3.26. The summed E-state index contributed by atoms with van der Waals surface area (Å²) in [6.45, 7) is 0.155. The number of hydrogen-bond donors (Lipinski definition) is 1. The first-order chi connectivity index (χ1) is 13.8. The summed E-state index contributed by atoms with van der Waals surface area (Å²) >= 11 is 0. The zero-order valence-electron chi connectivity index (χ0n) is 15.6. The van der Waals surface area contributed by atoms with E-state index in [2.05, 4.69) is 10.3 Å². The van der Waals surface area contributed by atoms with E-state index in [0.29, 0.717) is 22.4 Å². The van der Waals surface area contributed by atoms with Crippen molar-refractivity contribution in [2.75, 3.05) is 6.26 Å². The molecule has 1 amide bonds. The fraction of sp³-hybridized carbons (Fsp3) is 0.143. The van der Waals surface area contributed by atoms with Gasteiger partial charge in [-0.2, -0.15) is 0 Å². The Morgan fingerprint density at radius 1 is 1.10 bits per heavy atom. The van der Waals surface area contributed by atoms with Crippen LogP contribution in [0.1, 0.15) is 21.5 Å². The van der Waals surface area contributed by atoms with Gasteiger partial charge in [-0.25, -0.2) is 17.8 Å². The number of pyridine rings is 1. The first kappa shape index (κ1) is 20.5. The summed E-state index contributed by atoms with van der Waals surface area (Å²) in [5, 5.41) is 2.77. The normalized spacial score (nSPS) is 11.1. The van der Waals surface area contributed by atoms with Crippen LogP contribution in [0, 0.1) is 5.82 Å². The molecule has 1 heterocycles. The highest BCUT2D eigenvalue weighted by Crippen LogP contribution is 2.23. The summed E-state index contributed by atoms with van der Waals surface area (Å²) in [6, 6.07) is 15.5. The molecule has 0 unspecified atom stereocenters. The second-order valence-electron chi connectivity index (χ2n) is 6.48. The van der Waals surface area contributed by atoms with Crippen molar-refractivity contribution >= 4 is 15.7 Å². The smallest absolute Gasteiger partial charge is 0.251 e. The molecule has 8 heteroatoms. The van der Waals surface area contributed by atoms with Crippen LogP contribution in [0.5, 0.6) is 11.6 Å². The molecule has 0 aliphatic heterocycles. The third kappa shape index (κ3) is 6.11. The fourth-order valence-electron chi connectivity index (χ4n) is 2.63. The number of rotatable bonds is 7. The lowest BCUT2D eigenvalue weighted by atomic mass is 10.1. The number of amides is 1. The van der Waals surface area contributed by atoms with E-state index in [1.807, 2.05) is 0 Å². The summed E-state index contributed by atoms with van der Waals surface area (Å²) < 4.78 is 41.7. The van der Waals surface area contributed by atoms with E-state index in [9.17, 15) is 17.6 Å². The quantitative estimate of drug-likeness (QED) is 0.640. The van der Waals surface area contributed by atoms with Crippen LogP contribution in [0.2, 0.25) is 0 Å². The van der Waals surface area contributed by atoms with E-state index in [1.54, 1.807) is 48.7 Å². The molecule has 6 nitrogen and oxygen atoms in total. The molecule has 0 spiro atoms. The zero-order chi connectivity index (χ0) is 20.9. The standard InChI is InChI=1S/C21H19FN2O4S/c1-29(26,27)14-15-7-9-16(10-8-15)20(25)24-13-17-4-3-11-23-21(17)28-19-6-2-5-18(22)12-19/h2-12H,13-14H2,1H3,(H,24,25). The second-order valence-corrected chi connectivity index (χ2v) is 8.62. The lowest BCUT2D eigenvalue weighted by Gasteiger charge is -2.11. The Bertz CT molecular complexity index is 1120. The van der Waals surface area contributed by atoms with Gasteiger partial charge in [-0.1, -0.05) is 24.3 Å². The summed E-state index contributed by atoms with van der Waals surface area (Å²) in [5.41, 5.74) is 1.64. The number of ether oxygens (including phenoxy) is 1. The van der Waals surface area contributed by atoms with Crippen LogP contribution >= 0.6 is 0 Å². The Labute approximate surface area is 168 Å². The number of halogens is 1. The Morgan fingerprint density at radius 2 is 1.86 bits per heavy atom. The van der Waals surface area contributed by atoms with Crippen LogP contribution in [-0.4, -0.2) is 25.6 Å². The van der Waals surface area contributed by atoms with Gasteiger partial charge in [-0.05, 0) is 35.9 Å². The third-order valence-corrected chi connectivity index (χ3v) is 4.80. The highest BCUT2D eigenvalue weighted by molar-refractivity contribution is 7.89.